The zero-order chi connectivity index (χ0) is 19.4. The van der Waals surface area contributed by atoms with Crippen molar-refractivity contribution in [1.82, 2.24) is 19.6 Å². The second kappa shape index (κ2) is 8.12. The fourth-order valence-corrected chi connectivity index (χ4v) is 2.75. The fourth-order valence-electron chi connectivity index (χ4n) is 2.33. The molecular weight excluding hydrogens is 421 g/mol. The summed E-state index contributed by atoms with van der Waals surface area (Å²) in [4.78, 5) is 22.9. The smallest absolute Gasteiger partial charge is 0.305 e. The minimum atomic E-state index is -0.938. The van der Waals surface area contributed by atoms with Crippen LogP contribution in [0, 0.1) is 5.82 Å². The van der Waals surface area contributed by atoms with Crippen LogP contribution in [0.2, 0.25) is 0 Å². The molecule has 0 unspecified atom stereocenters. The Hall–Kier alpha value is -3.01. The number of nitrogens with zero attached hydrogens (tertiary/aromatic N) is 4. The summed E-state index contributed by atoms with van der Waals surface area (Å²) >= 11 is 3.35. The molecule has 27 heavy (non-hydrogen) atoms. The van der Waals surface area contributed by atoms with Crippen LogP contribution in [-0.2, 0) is 17.9 Å². The maximum absolute atomic E-state index is 13.0. The summed E-state index contributed by atoms with van der Waals surface area (Å²) in [5.74, 6) is -1.32. The SMILES string of the molecule is O=C(O)CCn1cc(C(=O)Nc2nn(Cc3ccc(F)cc3)cc2Br)cn1. The van der Waals surface area contributed by atoms with Crippen LogP contribution in [0.1, 0.15) is 22.3 Å². The average Bonchev–Trinajstić information content (AvgIpc) is 3.22. The van der Waals surface area contributed by atoms with E-state index in [9.17, 15) is 14.0 Å². The molecule has 0 atom stereocenters. The lowest BCUT2D eigenvalue weighted by atomic mass is 10.2. The van der Waals surface area contributed by atoms with Crippen molar-refractivity contribution in [1.29, 1.82) is 0 Å². The van der Waals surface area contributed by atoms with E-state index >= 15 is 0 Å². The zero-order valence-corrected chi connectivity index (χ0v) is 15.6. The minimum absolute atomic E-state index is 0.0813. The number of rotatable bonds is 7. The number of aryl methyl sites for hydroxylation is 1. The predicted molar refractivity (Wildman–Crippen MR) is 97.9 cm³/mol. The molecule has 2 aromatic heterocycles. The summed E-state index contributed by atoms with van der Waals surface area (Å²) in [6.07, 6.45) is 4.46. The van der Waals surface area contributed by atoms with Gasteiger partial charge in [-0.15, -0.1) is 0 Å². The van der Waals surface area contributed by atoms with E-state index in [1.165, 1.54) is 29.2 Å². The van der Waals surface area contributed by atoms with Gasteiger partial charge in [0.25, 0.3) is 5.91 Å². The first kappa shape index (κ1) is 18.8. The number of aliphatic carboxylic acids is 1. The van der Waals surface area contributed by atoms with Crippen molar-refractivity contribution in [2.24, 2.45) is 0 Å². The first-order valence-electron chi connectivity index (χ1n) is 7.93. The molecule has 0 saturated heterocycles. The number of carboxylic acid groups (broad SMARTS) is 1. The van der Waals surface area contributed by atoms with Crippen molar-refractivity contribution < 1.29 is 19.1 Å². The van der Waals surface area contributed by atoms with Crippen molar-refractivity contribution in [2.75, 3.05) is 5.32 Å². The van der Waals surface area contributed by atoms with E-state index in [2.05, 4.69) is 31.4 Å². The van der Waals surface area contributed by atoms with Gasteiger partial charge in [-0.25, -0.2) is 4.39 Å². The first-order valence-corrected chi connectivity index (χ1v) is 8.73. The van der Waals surface area contributed by atoms with Gasteiger partial charge in [0.2, 0.25) is 0 Å². The Kier molecular flexibility index (Phi) is 5.65. The molecule has 140 valence electrons. The van der Waals surface area contributed by atoms with Gasteiger partial charge in [-0.3, -0.25) is 19.0 Å². The summed E-state index contributed by atoms with van der Waals surface area (Å²) in [6.45, 7) is 0.598. The molecule has 2 heterocycles. The standard InChI is InChI=1S/C17H15BrFN5O3/c18-14-10-24(8-11-1-3-13(19)4-2-11)22-16(14)21-17(27)12-7-20-23(9-12)6-5-15(25)26/h1-4,7,9-10H,5-6,8H2,(H,25,26)(H,21,22,27). The van der Waals surface area contributed by atoms with E-state index < -0.39 is 11.9 Å². The van der Waals surface area contributed by atoms with Crippen molar-refractivity contribution in [3.63, 3.8) is 0 Å². The summed E-state index contributed by atoms with van der Waals surface area (Å²) in [6, 6.07) is 6.07. The van der Waals surface area contributed by atoms with Crippen LogP contribution in [0.15, 0.2) is 47.3 Å². The lowest BCUT2D eigenvalue weighted by Crippen LogP contribution is -2.12. The van der Waals surface area contributed by atoms with E-state index in [-0.39, 0.29) is 18.8 Å². The number of carbonyl (C=O) groups excluding carboxylic acids is 1. The van der Waals surface area contributed by atoms with Gasteiger partial charge in [-0.1, -0.05) is 12.1 Å². The number of carbonyl (C=O) groups is 2. The second-order valence-corrected chi connectivity index (χ2v) is 6.59. The molecule has 0 spiro atoms. The number of aromatic nitrogens is 4. The third-order valence-electron chi connectivity index (χ3n) is 3.66. The molecule has 3 rings (SSSR count). The number of nitrogens with one attached hydrogen (secondary N) is 1. The third-order valence-corrected chi connectivity index (χ3v) is 4.24. The molecule has 10 heteroatoms. The maximum atomic E-state index is 13.0. The number of halogens is 2. The largest absolute Gasteiger partial charge is 0.481 e. The van der Waals surface area contributed by atoms with Crippen LogP contribution in [0.5, 0.6) is 0 Å². The predicted octanol–water partition coefficient (Wildman–Crippen LogP) is 2.76. The van der Waals surface area contributed by atoms with Crippen LogP contribution in [0.3, 0.4) is 0 Å². The lowest BCUT2D eigenvalue weighted by molar-refractivity contribution is -0.137. The number of hydrogen-bond donors (Lipinski definition) is 2. The van der Waals surface area contributed by atoms with Gasteiger partial charge < -0.3 is 10.4 Å². The van der Waals surface area contributed by atoms with Crippen LogP contribution in [-0.4, -0.2) is 36.5 Å². The summed E-state index contributed by atoms with van der Waals surface area (Å²) in [5.41, 5.74) is 1.16. The van der Waals surface area contributed by atoms with Gasteiger partial charge in [-0.2, -0.15) is 10.2 Å². The van der Waals surface area contributed by atoms with Crippen molar-refractivity contribution in [3.8, 4) is 0 Å². The van der Waals surface area contributed by atoms with Crippen LogP contribution < -0.4 is 5.32 Å². The number of carboxylic acids is 1. The third kappa shape index (κ3) is 5.00. The molecule has 0 bridgehead atoms. The van der Waals surface area contributed by atoms with Gasteiger partial charge in [-0.05, 0) is 33.6 Å². The Bertz CT molecular complexity index is 967. The normalized spacial score (nSPS) is 10.7. The molecule has 0 saturated carbocycles. The Labute approximate surface area is 161 Å². The maximum Gasteiger partial charge on any atom is 0.305 e. The van der Waals surface area contributed by atoms with Crippen molar-refractivity contribution >= 4 is 33.6 Å². The van der Waals surface area contributed by atoms with E-state index in [0.29, 0.717) is 22.4 Å². The molecule has 1 aromatic carbocycles. The van der Waals surface area contributed by atoms with Gasteiger partial charge in [0.15, 0.2) is 5.82 Å². The molecule has 0 aliphatic heterocycles. The average molecular weight is 436 g/mol. The monoisotopic (exact) mass is 435 g/mol. The number of amides is 1. The second-order valence-electron chi connectivity index (χ2n) is 5.74. The van der Waals surface area contributed by atoms with Gasteiger partial charge in [0.1, 0.15) is 5.82 Å². The van der Waals surface area contributed by atoms with Gasteiger partial charge in [0.05, 0.1) is 35.7 Å². The minimum Gasteiger partial charge on any atom is -0.481 e. The molecule has 0 fully saturated rings. The van der Waals surface area contributed by atoms with Gasteiger partial charge >= 0.3 is 5.97 Å². The molecule has 3 aromatic rings. The summed E-state index contributed by atoms with van der Waals surface area (Å²) < 4.78 is 16.6. The molecular formula is C17H15BrFN5O3. The van der Waals surface area contributed by atoms with E-state index in [0.717, 1.165) is 5.56 Å². The number of benzene rings is 1. The lowest BCUT2D eigenvalue weighted by Gasteiger charge is -2.02. The van der Waals surface area contributed by atoms with Crippen LogP contribution in [0.4, 0.5) is 10.2 Å². The first-order chi connectivity index (χ1) is 12.9. The van der Waals surface area contributed by atoms with E-state index in [1.54, 1.807) is 23.0 Å². The molecule has 1 amide bonds. The number of hydrogen-bond acceptors (Lipinski definition) is 4. The van der Waals surface area contributed by atoms with Crippen LogP contribution >= 0.6 is 15.9 Å². The Balaban J connectivity index is 1.65. The summed E-state index contributed by atoms with van der Waals surface area (Å²) in [7, 11) is 0. The molecule has 8 nitrogen and oxygen atoms in total. The molecule has 0 aliphatic carbocycles. The highest BCUT2D eigenvalue weighted by Gasteiger charge is 2.14. The highest BCUT2D eigenvalue weighted by atomic mass is 79.9. The Morgan fingerprint density at radius 1 is 1.19 bits per heavy atom. The Morgan fingerprint density at radius 2 is 1.93 bits per heavy atom. The zero-order valence-electron chi connectivity index (χ0n) is 14.0. The highest BCUT2D eigenvalue weighted by molar-refractivity contribution is 9.10. The van der Waals surface area contributed by atoms with E-state index in [1.807, 2.05) is 0 Å². The van der Waals surface area contributed by atoms with Crippen LogP contribution in [0.25, 0.3) is 0 Å². The van der Waals surface area contributed by atoms with Crippen molar-refractivity contribution in [2.45, 2.75) is 19.5 Å². The topological polar surface area (TPSA) is 102 Å². The van der Waals surface area contributed by atoms with Crippen molar-refractivity contribution in [3.05, 3.63) is 64.3 Å². The number of anilines is 1. The molecule has 0 aliphatic rings. The summed E-state index contributed by atoms with van der Waals surface area (Å²) in [5, 5.41) is 19.6. The molecule has 2 N–H and O–H groups in total. The highest BCUT2D eigenvalue weighted by Crippen LogP contribution is 2.21. The van der Waals surface area contributed by atoms with Gasteiger partial charge in [0, 0.05) is 12.4 Å². The fraction of sp³-hybridized carbons (Fsp3) is 0.176. The Morgan fingerprint density at radius 3 is 2.63 bits per heavy atom. The van der Waals surface area contributed by atoms with E-state index in [4.69, 9.17) is 5.11 Å². The quantitative estimate of drug-likeness (QED) is 0.593. The molecule has 0 radical (unpaired) electrons.